The number of rotatable bonds is 5. The van der Waals surface area contributed by atoms with Crippen LogP contribution in [0.1, 0.15) is 26.8 Å². The van der Waals surface area contributed by atoms with Crippen molar-refractivity contribution in [2.24, 2.45) is 0 Å². The van der Waals surface area contributed by atoms with Gasteiger partial charge < -0.3 is 19.0 Å². The standard InChI is InChI=1S/C21H15N3O5/c1-13-22-19(24-29-13)14-6-10-17(11-7-14)28-21(26)15-4-8-16(9-5-15)23-20(25)18-3-2-12-27-18/h2-12H,1H3,(H,23,25). The third-order valence-electron chi connectivity index (χ3n) is 3.97. The Bertz CT molecular complexity index is 1130. The van der Waals surface area contributed by atoms with Crippen molar-refractivity contribution in [1.82, 2.24) is 10.1 Å². The van der Waals surface area contributed by atoms with Crippen molar-refractivity contribution in [2.45, 2.75) is 6.92 Å². The maximum Gasteiger partial charge on any atom is 0.343 e. The lowest BCUT2D eigenvalue weighted by atomic mass is 10.2. The highest BCUT2D eigenvalue weighted by Gasteiger charge is 2.12. The number of carbonyl (C=O) groups is 2. The van der Waals surface area contributed by atoms with Crippen molar-refractivity contribution in [3.05, 3.63) is 84.1 Å². The number of aromatic nitrogens is 2. The molecule has 1 amide bonds. The second-order valence-electron chi connectivity index (χ2n) is 6.06. The van der Waals surface area contributed by atoms with Crippen LogP contribution in [0, 0.1) is 6.92 Å². The zero-order valence-corrected chi connectivity index (χ0v) is 15.3. The van der Waals surface area contributed by atoms with Crippen molar-refractivity contribution in [3.63, 3.8) is 0 Å². The molecule has 8 nitrogen and oxygen atoms in total. The molecular formula is C21H15N3O5. The van der Waals surface area contributed by atoms with Gasteiger partial charge in [-0.15, -0.1) is 0 Å². The summed E-state index contributed by atoms with van der Waals surface area (Å²) in [5, 5.41) is 6.52. The highest BCUT2D eigenvalue weighted by Crippen LogP contribution is 2.21. The topological polar surface area (TPSA) is 107 Å². The molecule has 2 aromatic heterocycles. The minimum atomic E-state index is -0.517. The van der Waals surface area contributed by atoms with Crippen LogP contribution in [0.15, 0.2) is 75.9 Å². The Morgan fingerprint density at radius 2 is 1.76 bits per heavy atom. The van der Waals surface area contributed by atoms with Gasteiger partial charge in [0.25, 0.3) is 5.91 Å². The van der Waals surface area contributed by atoms with Crippen molar-refractivity contribution >= 4 is 17.6 Å². The predicted molar refractivity (Wildman–Crippen MR) is 103 cm³/mol. The summed E-state index contributed by atoms with van der Waals surface area (Å²) in [6.07, 6.45) is 1.42. The van der Waals surface area contributed by atoms with Gasteiger partial charge in [0.1, 0.15) is 5.75 Å². The van der Waals surface area contributed by atoms with E-state index in [2.05, 4.69) is 15.5 Å². The van der Waals surface area contributed by atoms with Crippen molar-refractivity contribution in [2.75, 3.05) is 5.32 Å². The van der Waals surface area contributed by atoms with Gasteiger partial charge in [-0.2, -0.15) is 4.98 Å². The van der Waals surface area contributed by atoms with Crippen LogP contribution in [0.3, 0.4) is 0 Å². The van der Waals surface area contributed by atoms with Crippen LogP contribution in [0.5, 0.6) is 5.75 Å². The first kappa shape index (κ1) is 18.2. The fraction of sp³-hybridized carbons (Fsp3) is 0.0476. The van der Waals surface area contributed by atoms with Crippen molar-refractivity contribution < 1.29 is 23.3 Å². The summed E-state index contributed by atoms with van der Waals surface area (Å²) >= 11 is 0. The summed E-state index contributed by atoms with van der Waals surface area (Å²) in [7, 11) is 0. The number of benzene rings is 2. The molecule has 2 heterocycles. The number of anilines is 1. The Morgan fingerprint density at radius 3 is 2.38 bits per heavy atom. The van der Waals surface area contributed by atoms with Gasteiger partial charge >= 0.3 is 5.97 Å². The monoisotopic (exact) mass is 389 g/mol. The molecule has 0 aliphatic carbocycles. The number of hydrogen-bond acceptors (Lipinski definition) is 7. The minimum Gasteiger partial charge on any atom is -0.459 e. The molecule has 0 spiro atoms. The number of aryl methyl sites for hydroxylation is 1. The van der Waals surface area contributed by atoms with Gasteiger partial charge in [-0.3, -0.25) is 4.79 Å². The molecule has 0 radical (unpaired) electrons. The molecular weight excluding hydrogens is 374 g/mol. The Kier molecular flexibility index (Phi) is 4.90. The third kappa shape index (κ3) is 4.22. The van der Waals surface area contributed by atoms with Gasteiger partial charge in [0.2, 0.25) is 11.7 Å². The number of amides is 1. The van der Waals surface area contributed by atoms with E-state index in [0.29, 0.717) is 28.7 Å². The fourth-order valence-electron chi connectivity index (χ4n) is 2.54. The SMILES string of the molecule is Cc1nc(-c2ccc(OC(=O)c3ccc(NC(=O)c4ccco4)cc3)cc2)no1. The van der Waals surface area contributed by atoms with Gasteiger partial charge in [0.05, 0.1) is 11.8 Å². The molecule has 0 fully saturated rings. The lowest BCUT2D eigenvalue weighted by Crippen LogP contribution is -2.12. The minimum absolute atomic E-state index is 0.202. The van der Waals surface area contributed by atoms with E-state index in [-0.39, 0.29) is 11.7 Å². The molecule has 0 aliphatic rings. The average molecular weight is 389 g/mol. The van der Waals surface area contributed by atoms with Crippen LogP contribution in [0.25, 0.3) is 11.4 Å². The Labute approximate surface area is 165 Å². The van der Waals surface area contributed by atoms with Gasteiger partial charge in [0, 0.05) is 18.2 Å². The average Bonchev–Trinajstić information content (AvgIpc) is 3.41. The lowest BCUT2D eigenvalue weighted by molar-refractivity contribution is 0.0734. The number of esters is 1. The summed E-state index contributed by atoms with van der Waals surface area (Å²) < 4.78 is 15.4. The summed E-state index contributed by atoms with van der Waals surface area (Å²) in [5.41, 5.74) is 1.62. The number of hydrogen-bond donors (Lipinski definition) is 1. The first-order valence-electron chi connectivity index (χ1n) is 8.66. The molecule has 8 heteroatoms. The normalized spacial score (nSPS) is 10.5. The molecule has 4 rings (SSSR count). The third-order valence-corrected chi connectivity index (χ3v) is 3.97. The number of carbonyl (C=O) groups excluding carboxylic acids is 2. The Hall–Kier alpha value is -4.20. The zero-order valence-electron chi connectivity index (χ0n) is 15.3. The summed E-state index contributed by atoms with van der Waals surface area (Å²) in [5.74, 6) is 0.633. The summed E-state index contributed by atoms with van der Waals surface area (Å²) in [6, 6.07) is 16.3. The number of ether oxygens (including phenoxy) is 1. The van der Waals surface area contributed by atoms with Crippen LogP contribution in [-0.2, 0) is 0 Å². The molecule has 1 N–H and O–H groups in total. The first-order chi connectivity index (χ1) is 14.1. The molecule has 0 bridgehead atoms. The highest BCUT2D eigenvalue weighted by molar-refractivity contribution is 6.02. The Balaban J connectivity index is 1.38. The lowest BCUT2D eigenvalue weighted by Gasteiger charge is -2.06. The number of furan rings is 1. The van der Waals surface area contributed by atoms with Gasteiger partial charge in [-0.1, -0.05) is 5.16 Å². The molecule has 0 atom stereocenters. The molecule has 144 valence electrons. The molecule has 0 saturated heterocycles. The van der Waals surface area contributed by atoms with Crippen LogP contribution in [0.4, 0.5) is 5.69 Å². The molecule has 4 aromatic rings. The number of nitrogens with zero attached hydrogens (tertiary/aromatic N) is 2. The van der Waals surface area contributed by atoms with E-state index in [9.17, 15) is 9.59 Å². The van der Waals surface area contributed by atoms with Crippen LogP contribution >= 0.6 is 0 Å². The van der Waals surface area contributed by atoms with Crippen LogP contribution < -0.4 is 10.1 Å². The molecule has 29 heavy (non-hydrogen) atoms. The van der Waals surface area contributed by atoms with E-state index >= 15 is 0 Å². The molecule has 0 saturated carbocycles. The maximum absolute atomic E-state index is 12.3. The molecule has 0 aliphatic heterocycles. The van der Waals surface area contributed by atoms with E-state index in [1.54, 1.807) is 67.6 Å². The Morgan fingerprint density at radius 1 is 1.00 bits per heavy atom. The largest absolute Gasteiger partial charge is 0.459 e. The van der Waals surface area contributed by atoms with Crippen molar-refractivity contribution in [3.8, 4) is 17.1 Å². The first-order valence-corrected chi connectivity index (χ1v) is 8.66. The van der Waals surface area contributed by atoms with E-state index < -0.39 is 5.97 Å². The maximum atomic E-state index is 12.3. The fourth-order valence-corrected chi connectivity index (χ4v) is 2.54. The second-order valence-corrected chi connectivity index (χ2v) is 6.06. The van der Waals surface area contributed by atoms with Crippen molar-refractivity contribution in [1.29, 1.82) is 0 Å². The quantitative estimate of drug-likeness (QED) is 0.404. The van der Waals surface area contributed by atoms with Gasteiger partial charge in [-0.05, 0) is 60.7 Å². The van der Waals surface area contributed by atoms with Gasteiger partial charge in [-0.25, -0.2) is 4.79 Å². The molecule has 0 unspecified atom stereocenters. The van der Waals surface area contributed by atoms with Crippen LogP contribution in [-0.4, -0.2) is 22.0 Å². The van der Waals surface area contributed by atoms with E-state index in [4.69, 9.17) is 13.7 Å². The summed E-state index contributed by atoms with van der Waals surface area (Å²) in [6.45, 7) is 1.71. The van der Waals surface area contributed by atoms with E-state index in [1.807, 2.05) is 0 Å². The summed E-state index contributed by atoms with van der Waals surface area (Å²) in [4.78, 5) is 28.4. The predicted octanol–water partition coefficient (Wildman–Crippen LogP) is 4.11. The zero-order chi connectivity index (χ0) is 20.2. The van der Waals surface area contributed by atoms with Gasteiger partial charge in [0.15, 0.2) is 5.76 Å². The second kappa shape index (κ2) is 7.81. The smallest absolute Gasteiger partial charge is 0.343 e. The van der Waals surface area contributed by atoms with E-state index in [1.165, 1.54) is 6.26 Å². The van der Waals surface area contributed by atoms with Crippen LogP contribution in [0.2, 0.25) is 0 Å². The molecule has 2 aromatic carbocycles. The van der Waals surface area contributed by atoms with E-state index in [0.717, 1.165) is 5.56 Å². The number of nitrogens with one attached hydrogen (secondary N) is 1. The highest BCUT2D eigenvalue weighted by atomic mass is 16.5.